The molecule has 0 fully saturated rings. The van der Waals surface area contributed by atoms with Crippen LogP contribution in [0, 0.1) is 11.8 Å². The lowest BCUT2D eigenvalue weighted by Crippen LogP contribution is -2.41. The van der Waals surface area contributed by atoms with E-state index in [1.54, 1.807) is 6.07 Å². The van der Waals surface area contributed by atoms with Gasteiger partial charge in [-0.15, -0.1) is 12.6 Å². The Hall–Kier alpha value is -11.3. The maximum Gasteiger partial charge on any atom is 0.471 e. The van der Waals surface area contributed by atoms with Gasteiger partial charge in [0.1, 0.15) is 29.9 Å². The van der Waals surface area contributed by atoms with Crippen LogP contribution in [0.15, 0.2) is 178 Å². The number of halogens is 3. The molecule has 11 rings (SSSR count). The van der Waals surface area contributed by atoms with Gasteiger partial charge in [-0.25, -0.2) is 14.8 Å². The summed E-state index contributed by atoms with van der Waals surface area (Å²) in [5, 5.41) is 24.1. The van der Waals surface area contributed by atoms with E-state index in [9.17, 15) is 82.9 Å². The van der Waals surface area contributed by atoms with Crippen molar-refractivity contribution in [2.75, 3.05) is 35.2 Å². The molecule has 3 amide bonds. The van der Waals surface area contributed by atoms with Crippen LogP contribution in [0.25, 0.3) is 32.7 Å². The number of hydrogen-bond acceptors (Lipinski definition) is 22. The van der Waals surface area contributed by atoms with E-state index in [4.69, 9.17) is 28.8 Å². The first-order chi connectivity index (χ1) is 56.9. The molecule has 30 nitrogen and oxygen atoms in total. The fourth-order valence-electron chi connectivity index (χ4n) is 14.9. The van der Waals surface area contributed by atoms with Crippen LogP contribution in [0.5, 0.6) is 5.75 Å². The Morgan fingerprint density at radius 1 is 0.795 bits per heavy atom. The normalized spacial score (nSPS) is 15.7. The molecule has 3 aliphatic rings. The minimum absolute atomic E-state index is 0. The quantitative estimate of drug-likeness (QED) is 0.00810. The number of anilines is 3. The SMILES string of the molecule is C.CC(C)CC[N+]1=C(/C=C/C2=C(Oc3ccc(CCC(=O)NS)cc3)C(=C/C=C3/N(CCC(C)S(=O)(=O)O)c4ccc5ccccc5c4C3(C)C)/CCC2)C(C)(C)c2c1ccc1cc(S(=O)(=O)O)ccc21.NCCCC[C@H](CC(=O)CC[C@H](NC(=O)c1ccc(N(Cc2cnc3nc(N)[nH]c(=O)c3n2)C(=O)C(F)(F)F)cc1)C(=O)O)C(=O)O.O=S(=O)=O. The molecular formula is C85H99F3N11O19S4+. The number of amides is 3. The van der Waals surface area contributed by atoms with Gasteiger partial charge in [0.15, 0.2) is 16.9 Å². The first-order valence-electron chi connectivity index (χ1n) is 38.7. The number of aromatic nitrogens is 4. The van der Waals surface area contributed by atoms with Crippen LogP contribution in [0.2, 0.25) is 0 Å². The van der Waals surface area contributed by atoms with Crippen molar-refractivity contribution >= 4 is 141 Å². The van der Waals surface area contributed by atoms with Crippen molar-refractivity contribution in [3.63, 3.8) is 0 Å². The second-order valence-electron chi connectivity index (χ2n) is 30.9. The van der Waals surface area contributed by atoms with Crippen LogP contribution < -0.4 is 41.6 Å². The highest BCUT2D eigenvalue weighted by Crippen LogP contribution is 2.52. The Morgan fingerprint density at radius 2 is 1.47 bits per heavy atom. The summed E-state index contributed by atoms with van der Waals surface area (Å²) in [7, 11) is -11.7. The van der Waals surface area contributed by atoms with E-state index in [1.807, 2.05) is 42.5 Å². The highest BCUT2D eigenvalue weighted by molar-refractivity contribution is 7.86. The Morgan fingerprint density at radius 3 is 2.10 bits per heavy atom. The van der Waals surface area contributed by atoms with Crippen molar-refractivity contribution in [1.82, 2.24) is 30.0 Å². The van der Waals surface area contributed by atoms with Crippen LogP contribution in [0.3, 0.4) is 0 Å². The molecule has 3 atom stereocenters. The number of ketones is 1. The molecule has 0 spiro atoms. The van der Waals surface area contributed by atoms with Gasteiger partial charge in [-0.2, -0.15) is 39.6 Å². The van der Waals surface area contributed by atoms with Crippen molar-refractivity contribution < 1.29 is 100 Å². The largest absolute Gasteiger partial charge is 0.481 e. The highest BCUT2D eigenvalue weighted by atomic mass is 32.2. The molecule has 4 heterocycles. The number of H-pyrrole nitrogens is 1. The summed E-state index contributed by atoms with van der Waals surface area (Å²) in [5.74, 6) is -5.91. The lowest BCUT2D eigenvalue weighted by atomic mass is 9.78. The number of nitrogen functional groups attached to an aromatic ring is 1. The number of nitrogens with two attached hydrogens (primary N) is 2. The number of aliphatic carboxylic acids is 2. The van der Waals surface area contributed by atoms with Gasteiger partial charge in [0.2, 0.25) is 17.5 Å². The van der Waals surface area contributed by atoms with Gasteiger partial charge in [0.25, 0.3) is 31.7 Å². The van der Waals surface area contributed by atoms with Gasteiger partial charge in [-0.3, -0.25) is 47.8 Å². The molecule has 8 aromatic rings. The number of carboxylic acids is 2. The number of carbonyl (C=O) groups is 6. The van der Waals surface area contributed by atoms with Crippen molar-refractivity contribution in [2.24, 2.45) is 17.6 Å². The van der Waals surface area contributed by atoms with E-state index < -0.39 is 107 Å². The Bertz CT molecular complexity index is 5890. The maximum absolute atomic E-state index is 13.5. The van der Waals surface area contributed by atoms with Crippen LogP contribution in [-0.2, 0) is 78.6 Å². The van der Waals surface area contributed by atoms with Gasteiger partial charge in [-0.05, 0) is 201 Å². The fourth-order valence-corrected chi connectivity index (χ4v) is 16.0. The number of ether oxygens (including phenoxy) is 1. The Balaban J connectivity index is 0.000000310. The summed E-state index contributed by atoms with van der Waals surface area (Å²) in [4.78, 5) is 101. The van der Waals surface area contributed by atoms with Gasteiger partial charge in [0, 0.05) is 78.0 Å². The molecule has 1 unspecified atom stereocenters. The number of fused-ring (bicyclic) bond motifs is 7. The third-order valence-corrected chi connectivity index (χ3v) is 23.6. The minimum Gasteiger partial charge on any atom is -0.481 e. The molecule has 6 aromatic carbocycles. The molecule has 0 bridgehead atoms. The summed E-state index contributed by atoms with van der Waals surface area (Å²) in [6, 6.07) is 31.7. The van der Waals surface area contributed by atoms with Crippen LogP contribution in [-0.4, -0.2) is 152 Å². The molecule has 1 aliphatic carbocycles. The number of carboxylic acid groups (broad SMARTS) is 2. The number of aromatic amines is 1. The molecule has 2 aromatic heterocycles. The number of allylic oxidation sites excluding steroid dienone is 7. The number of Topliss-reactive ketones (excluding diaryl/α,β-unsaturated/α-hetero) is 1. The predicted octanol–water partition coefficient (Wildman–Crippen LogP) is 12.7. The standard InChI is InChI=1S/C56H63N3O8S3.C28H31F3N8O8.CH4.O3S/c1-36(2)31-33-58-48-27-19-42-35-44(70(64,65)66)24-25-46(42)53(48)56(6,7)49(58)28-20-40-12-10-13-41(54(40)67-43-22-15-38(16-23-43)17-30-51(60)57-68)21-29-50-55(4,5)52-45-14-9-8-11-39(45)18-26-47(52)59(50)34-32-37(3)69(61,62)63;29-28(30,31)26(47)39(13-16-12-34-21-20(35-16)23(42)38-27(33)37-21)17-6-4-14(5-7-17)22(41)36-19(25(45)46)9-8-18(40)11-15(24(43)44)3-1-2-10-32;;1-4(2)3/h8-9,11,14-16,18-29,35-37H,10,12-13,17,30-34H2,1-7H3,(H3-,57,60,61,62,63,64,65,66,68);4-7,12,15,19H,1-3,8-11,13,32H2,(H,36,41)(H,43,44)(H,45,46)(H3,33,34,37,38,42);1H4;/p+1/t;15-,19+;;/m.1../s1. The van der Waals surface area contributed by atoms with E-state index in [0.717, 1.165) is 141 Å². The topological polar surface area (TPSA) is 469 Å². The zero-order chi connectivity index (χ0) is 88.8. The number of alkyl halides is 3. The number of hydrogen-bond donors (Lipinski definition) is 10. The monoisotopic (exact) mass is 1760 g/mol. The number of thiol groups is 1. The number of nitrogens with one attached hydrogen (secondary N) is 3. The molecule has 37 heteroatoms. The number of unbranched alkanes of at least 4 members (excludes halogenated alkanes) is 1. The van der Waals surface area contributed by atoms with E-state index >= 15 is 0 Å². The number of aryl methyl sites for hydroxylation is 1. The summed E-state index contributed by atoms with van der Waals surface area (Å²) in [6.07, 6.45) is 9.11. The number of carbonyl (C=O) groups excluding carboxylic acids is 4. The molecule has 2 aliphatic heterocycles. The summed E-state index contributed by atoms with van der Waals surface area (Å²) >= 11 is 3.90. The fraction of sp³-hybridized carbons (Fsp3) is 0.376. The highest BCUT2D eigenvalue weighted by Gasteiger charge is 2.47. The van der Waals surface area contributed by atoms with Gasteiger partial charge in [-0.1, -0.05) is 109 Å². The van der Waals surface area contributed by atoms with E-state index in [-0.39, 0.29) is 84.4 Å². The summed E-state index contributed by atoms with van der Waals surface area (Å²) in [5.41, 5.74) is 17.3. The zero-order valence-corrected chi connectivity index (χ0v) is 70.6. The van der Waals surface area contributed by atoms with E-state index in [1.165, 1.54) is 19.1 Å². The maximum atomic E-state index is 13.5. The number of rotatable bonds is 32. The molecule has 122 heavy (non-hydrogen) atoms. The summed E-state index contributed by atoms with van der Waals surface area (Å²) in [6.45, 7) is 15.5. The van der Waals surface area contributed by atoms with Crippen LogP contribution in [0.1, 0.15) is 166 Å². The molecule has 0 saturated heterocycles. The number of nitrogens with zero attached hydrogens (tertiary/aromatic N) is 6. The van der Waals surface area contributed by atoms with Crippen LogP contribution >= 0.6 is 12.8 Å². The summed E-state index contributed by atoms with van der Waals surface area (Å²) < 4.78 is 146. The smallest absolute Gasteiger partial charge is 0.471 e. The third kappa shape index (κ3) is 24.1. The van der Waals surface area contributed by atoms with Crippen LogP contribution in [0.4, 0.5) is 36.2 Å². The van der Waals surface area contributed by atoms with Gasteiger partial charge < -0.3 is 41.4 Å². The minimum atomic E-state index is -5.32. The molecule has 11 N–H and O–H groups in total. The Kier molecular flexibility index (Phi) is 32.3. The zero-order valence-electron chi connectivity index (χ0n) is 67.2. The molecule has 652 valence electrons. The third-order valence-electron chi connectivity index (χ3n) is 21.2. The molecular weight excluding hydrogens is 1660 g/mol. The average molecular weight is 1760 g/mol. The van der Waals surface area contributed by atoms with Crippen molar-refractivity contribution in [2.45, 2.75) is 179 Å². The predicted molar refractivity (Wildman–Crippen MR) is 459 cm³/mol. The first kappa shape index (κ1) is 96.1. The first-order valence-corrected chi connectivity index (χ1v) is 43.1. The van der Waals surface area contributed by atoms with Crippen molar-refractivity contribution in [3.05, 3.63) is 207 Å². The van der Waals surface area contributed by atoms with Crippen molar-refractivity contribution in [1.29, 1.82) is 0 Å². The van der Waals surface area contributed by atoms with Gasteiger partial charge in [0.05, 0.1) is 39.9 Å². The van der Waals surface area contributed by atoms with E-state index in [2.05, 4.69) is 148 Å². The molecule has 0 radical (unpaired) electrons. The lowest BCUT2D eigenvalue weighted by Gasteiger charge is -2.28. The molecule has 0 saturated carbocycles. The second kappa shape index (κ2) is 41.0. The number of benzene rings is 6. The average Bonchev–Trinajstić information content (AvgIpc) is 1.58. The van der Waals surface area contributed by atoms with E-state index in [0.29, 0.717) is 55.3 Å². The lowest BCUT2D eigenvalue weighted by molar-refractivity contribution is -0.439. The van der Waals surface area contributed by atoms with Crippen molar-refractivity contribution in [3.8, 4) is 5.75 Å². The second-order valence-corrected chi connectivity index (χ2v) is 34.8. The Labute approximate surface area is 710 Å². The van der Waals surface area contributed by atoms with Gasteiger partial charge >= 0.3 is 34.6 Å².